The summed E-state index contributed by atoms with van der Waals surface area (Å²) in [4.78, 5) is 30.1. The number of anilines is 1. The van der Waals surface area contributed by atoms with Crippen LogP contribution in [0.5, 0.6) is 0 Å². The molecular formula is C14H22N4O3S2. The van der Waals surface area contributed by atoms with Crippen LogP contribution in [0.2, 0.25) is 0 Å². The van der Waals surface area contributed by atoms with Crippen LogP contribution in [0.1, 0.15) is 37.7 Å². The average molecular weight is 358 g/mol. The lowest BCUT2D eigenvalue weighted by Gasteiger charge is -2.24. The molecule has 1 aromatic heterocycles. The van der Waals surface area contributed by atoms with Gasteiger partial charge in [0, 0.05) is 19.1 Å². The number of aromatic nitrogens is 1. The smallest absolute Gasteiger partial charge is 0.410 e. The van der Waals surface area contributed by atoms with Gasteiger partial charge in [-0.2, -0.15) is 0 Å². The number of carbonyl (C=O) groups is 2. The first-order chi connectivity index (χ1) is 10.7. The van der Waals surface area contributed by atoms with E-state index in [0.717, 1.165) is 4.34 Å². The van der Waals surface area contributed by atoms with Gasteiger partial charge in [-0.05, 0) is 33.4 Å². The number of likely N-dealkylation sites (tertiary alicyclic amines) is 1. The van der Waals surface area contributed by atoms with Gasteiger partial charge in [0.1, 0.15) is 10.6 Å². The fourth-order valence-electron chi connectivity index (χ4n) is 2.19. The minimum atomic E-state index is -0.526. The Bertz CT molecular complexity index is 597. The van der Waals surface area contributed by atoms with Gasteiger partial charge in [0.05, 0.1) is 0 Å². The van der Waals surface area contributed by atoms with Crippen molar-refractivity contribution in [1.82, 2.24) is 15.2 Å². The number of nitrogen functional groups attached to an aromatic ring is 1. The zero-order valence-electron chi connectivity index (χ0n) is 13.7. The standard InChI is InChI=1S/C14H22N4O3S2/c1-14(2,3)21-13(20)18-6-5-8(7-18)16-11(19)9-10(15)23-12(17-9)22-4/h8H,5-7,15H2,1-4H3,(H,16,19)/t8-/m1/s1. The van der Waals surface area contributed by atoms with E-state index in [0.29, 0.717) is 24.5 Å². The third-order valence-corrected chi connectivity index (χ3v) is 5.07. The number of carbonyl (C=O) groups excluding carboxylic acids is 2. The van der Waals surface area contributed by atoms with E-state index in [1.165, 1.54) is 23.1 Å². The van der Waals surface area contributed by atoms with Crippen LogP contribution in [0.15, 0.2) is 4.34 Å². The maximum Gasteiger partial charge on any atom is 0.410 e. The maximum atomic E-state index is 12.3. The molecule has 1 atom stereocenters. The highest BCUT2D eigenvalue weighted by molar-refractivity contribution is 8.00. The van der Waals surface area contributed by atoms with Crippen LogP contribution in [-0.4, -0.2) is 52.9 Å². The molecule has 3 N–H and O–H groups in total. The summed E-state index contributed by atoms with van der Waals surface area (Å²) in [6.07, 6.45) is 2.21. The zero-order valence-corrected chi connectivity index (χ0v) is 15.3. The molecular weight excluding hydrogens is 336 g/mol. The Labute approximate surface area is 144 Å². The van der Waals surface area contributed by atoms with Crippen LogP contribution in [0.3, 0.4) is 0 Å². The first-order valence-electron chi connectivity index (χ1n) is 7.28. The van der Waals surface area contributed by atoms with Gasteiger partial charge in [-0.1, -0.05) is 23.1 Å². The molecule has 7 nitrogen and oxygen atoms in total. The Morgan fingerprint density at radius 1 is 1.48 bits per heavy atom. The number of thiazole rings is 1. The summed E-state index contributed by atoms with van der Waals surface area (Å²) in [7, 11) is 0. The van der Waals surface area contributed by atoms with Crippen LogP contribution in [0, 0.1) is 0 Å². The lowest BCUT2D eigenvalue weighted by Crippen LogP contribution is -2.40. The van der Waals surface area contributed by atoms with Crippen molar-refractivity contribution in [1.29, 1.82) is 0 Å². The maximum absolute atomic E-state index is 12.3. The summed E-state index contributed by atoms with van der Waals surface area (Å²) in [6.45, 7) is 6.47. The average Bonchev–Trinajstić information content (AvgIpc) is 3.03. The zero-order chi connectivity index (χ0) is 17.2. The van der Waals surface area contributed by atoms with Gasteiger partial charge in [0.2, 0.25) is 0 Å². The molecule has 1 aromatic rings. The molecule has 0 saturated carbocycles. The minimum Gasteiger partial charge on any atom is -0.444 e. The van der Waals surface area contributed by atoms with Crippen LogP contribution < -0.4 is 11.1 Å². The highest BCUT2D eigenvalue weighted by atomic mass is 32.2. The predicted molar refractivity (Wildman–Crippen MR) is 92.0 cm³/mol. The molecule has 1 aliphatic heterocycles. The summed E-state index contributed by atoms with van der Waals surface area (Å²) in [6, 6.07) is -0.117. The lowest BCUT2D eigenvalue weighted by molar-refractivity contribution is 0.0290. The fourth-order valence-corrected chi connectivity index (χ4v) is 3.53. The van der Waals surface area contributed by atoms with E-state index in [2.05, 4.69) is 10.3 Å². The van der Waals surface area contributed by atoms with Crippen LogP contribution >= 0.6 is 23.1 Å². The Morgan fingerprint density at radius 2 is 2.17 bits per heavy atom. The normalized spacial score (nSPS) is 18.1. The molecule has 2 amide bonds. The first-order valence-corrected chi connectivity index (χ1v) is 9.33. The Morgan fingerprint density at radius 3 is 2.74 bits per heavy atom. The predicted octanol–water partition coefficient (Wildman–Crippen LogP) is 2.19. The van der Waals surface area contributed by atoms with Crippen molar-refractivity contribution in [3.05, 3.63) is 5.69 Å². The molecule has 9 heteroatoms. The van der Waals surface area contributed by atoms with E-state index in [4.69, 9.17) is 10.5 Å². The molecule has 128 valence electrons. The summed E-state index contributed by atoms with van der Waals surface area (Å²) in [5.74, 6) is -0.296. The van der Waals surface area contributed by atoms with Crippen LogP contribution in [0.4, 0.5) is 9.80 Å². The minimum absolute atomic E-state index is 0.117. The van der Waals surface area contributed by atoms with Crippen molar-refractivity contribution in [3.8, 4) is 0 Å². The molecule has 1 saturated heterocycles. The topological polar surface area (TPSA) is 97.5 Å². The Kier molecular flexibility index (Phi) is 5.41. The summed E-state index contributed by atoms with van der Waals surface area (Å²) in [5.41, 5.74) is 5.57. The van der Waals surface area contributed by atoms with Crippen molar-refractivity contribution in [2.75, 3.05) is 25.1 Å². The molecule has 1 aliphatic rings. The molecule has 0 spiro atoms. The second-order valence-corrected chi connectivity index (χ2v) is 8.37. The number of rotatable bonds is 3. The van der Waals surface area contributed by atoms with Crippen molar-refractivity contribution in [2.45, 2.75) is 43.2 Å². The summed E-state index contributed by atoms with van der Waals surface area (Å²) >= 11 is 2.75. The number of hydrogen-bond acceptors (Lipinski definition) is 7. The molecule has 2 rings (SSSR count). The van der Waals surface area contributed by atoms with Crippen molar-refractivity contribution >= 4 is 40.1 Å². The van der Waals surface area contributed by atoms with E-state index >= 15 is 0 Å². The number of ether oxygens (including phenoxy) is 1. The fraction of sp³-hybridized carbons (Fsp3) is 0.643. The molecule has 1 fully saturated rings. The van der Waals surface area contributed by atoms with Crippen LogP contribution in [-0.2, 0) is 4.74 Å². The Hall–Kier alpha value is -1.48. The van der Waals surface area contributed by atoms with Gasteiger partial charge in [0.15, 0.2) is 10.0 Å². The van der Waals surface area contributed by atoms with E-state index in [1.54, 1.807) is 4.90 Å². The van der Waals surface area contributed by atoms with Crippen molar-refractivity contribution in [2.24, 2.45) is 0 Å². The quantitative estimate of drug-likeness (QED) is 0.804. The molecule has 0 aromatic carbocycles. The first kappa shape index (κ1) is 17.9. The van der Waals surface area contributed by atoms with E-state index in [1.807, 2.05) is 27.0 Å². The molecule has 0 unspecified atom stereocenters. The van der Waals surface area contributed by atoms with Gasteiger partial charge >= 0.3 is 6.09 Å². The highest BCUT2D eigenvalue weighted by Crippen LogP contribution is 2.27. The third kappa shape index (κ3) is 4.74. The number of nitrogens with zero attached hydrogens (tertiary/aromatic N) is 2. The number of nitrogens with one attached hydrogen (secondary N) is 1. The van der Waals surface area contributed by atoms with E-state index < -0.39 is 5.60 Å². The van der Waals surface area contributed by atoms with Crippen molar-refractivity contribution in [3.63, 3.8) is 0 Å². The molecule has 2 heterocycles. The second kappa shape index (κ2) is 6.96. The molecule has 0 radical (unpaired) electrons. The van der Waals surface area contributed by atoms with E-state index in [9.17, 15) is 9.59 Å². The van der Waals surface area contributed by atoms with Gasteiger partial charge < -0.3 is 20.7 Å². The number of amides is 2. The number of nitrogens with two attached hydrogens (primary N) is 1. The van der Waals surface area contributed by atoms with Gasteiger partial charge in [0.25, 0.3) is 5.91 Å². The van der Waals surface area contributed by atoms with Crippen LogP contribution in [0.25, 0.3) is 0 Å². The van der Waals surface area contributed by atoms with Crippen molar-refractivity contribution < 1.29 is 14.3 Å². The number of thioether (sulfide) groups is 1. The highest BCUT2D eigenvalue weighted by Gasteiger charge is 2.31. The van der Waals surface area contributed by atoms with Gasteiger partial charge in [-0.25, -0.2) is 9.78 Å². The Balaban J connectivity index is 1.91. The number of hydrogen-bond donors (Lipinski definition) is 2. The summed E-state index contributed by atoms with van der Waals surface area (Å²) < 4.78 is 6.10. The molecule has 23 heavy (non-hydrogen) atoms. The monoisotopic (exact) mass is 358 g/mol. The SMILES string of the molecule is CSc1nc(C(=O)N[C@@H]2CCN(C(=O)OC(C)(C)C)C2)c(N)s1. The van der Waals surface area contributed by atoms with Gasteiger partial charge in [-0.15, -0.1) is 0 Å². The third-order valence-electron chi connectivity index (χ3n) is 3.20. The second-order valence-electron chi connectivity index (χ2n) is 6.28. The largest absolute Gasteiger partial charge is 0.444 e. The molecule has 0 bridgehead atoms. The molecule has 0 aliphatic carbocycles. The lowest BCUT2D eigenvalue weighted by atomic mass is 10.2. The van der Waals surface area contributed by atoms with E-state index in [-0.39, 0.29) is 23.7 Å². The van der Waals surface area contributed by atoms with Gasteiger partial charge in [-0.3, -0.25) is 4.79 Å². The summed E-state index contributed by atoms with van der Waals surface area (Å²) in [5, 5.41) is 3.30.